The van der Waals surface area contributed by atoms with Gasteiger partial charge >= 0.3 is 0 Å². The molecule has 0 saturated heterocycles. The molecule has 1 aromatic heterocycles. The maximum absolute atomic E-state index is 8.79. The average molecular weight is 242 g/mol. The lowest BCUT2D eigenvalue weighted by Gasteiger charge is -2.05. The van der Waals surface area contributed by atoms with Crippen LogP contribution in [0.4, 0.5) is 0 Å². The summed E-state index contributed by atoms with van der Waals surface area (Å²) in [7, 11) is 1.65. The lowest BCUT2D eigenvalue weighted by molar-refractivity contribution is 0.182. The maximum Gasteiger partial charge on any atom is 0.162 e. The van der Waals surface area contributed by atoms with Crippen molar-refractivity contribution in [2.45, 2.75) is 25.8 Å². The topological polar surface area (TPSA) is 50.8 Å². The number of nitriles is 1. The maximum atomic E-state index is 8.79. The largest absolute Gasteiger partial charge is 0.383 e. The van der Waals surface area contributed by atoms with Gasteiger partial charge in [-0.1, -0.05) is 0 Å². The third-order valence-electron chi connectivity index (χ3n) is 2.30. The van der Waals surface area contributed by atoms with Crippen molar-refractivity contribution in [3.05, 3.63) is 17.5 Å². The van der Waals surface area contributed by atoms with E-state index in [-0.39, 0.29) is 0 Å². The van der Waals surface area contributed by atoms with Crippen molar-refractivity contribution in [2.24, 2.45) is 0 Å². The minimum Gasteiger partial charge on any atom is -0.383 e. The average Bonchev–Trinajstić information content (AvgIpc) is 2.69. The summed E-state index contributed by atoms with van der Waals surface area (Å²) in [6.45, 7) is 1.30. The third-order valence-corrected chi connectivity index (χ3v) is 2.57. The Hall–Kier alpha value is -1.05. The number of alkyl halides is 1. The summed E-state index contributed by atoms with van der Waals surface area (Å²) in [5.74, 6) is 0.678. The van der Waals surface area contributed by atoms with Gasteiger partial charge in [-0.3, -0.25) is 4.68 Å². The number of nitrogens with zero attached hydrogens (tertiary/aromatic N) is 3. The molecule has 0 spiro atoms. The molecule has 0 amide bonds. The minimum absolute atomic E-state index is 0.469. The normalized spacial score (nSPS) is 10.3. The van der Waals surface area contributed by atoms with E-state index in [1.165, 1.54) is 0 Å². The zero-order valence-electron chi connectivity index (χ0n) is 9.45. The van der Waals surface area contributed by atoms with Crippen LogP contribution in [0.25, 0.3) is 0 Å². The molecular formula is C11H16ClN3O. The van der Waals surface area contributed by atoms with Gasteiger partial charge in [-0.15, -0.1) is 11.6 Å². The van der Waals surface area contributed by atoms with E-state index in [9.17, 15) is 0 Å². The SMILES string of the molecule is COCCn1nc(C#N)cc1CCCCCl. The van der Waals surface area contributed by atoms with E-state index in [0.29, 0.717) is 24.7 Å². The fourth-order valence-electron chi connectivity index (χ4n) is 1.48. The van der Waals surface area contributed by atoms with Crippen LogP contribution in [-0.4, -0.2) is 29.4 Å². The van der Waals surface area contributed by atoms with Crippen molar-refractivity contribution in [3.8, 4) is 6.07 Å². The number of halogens is 1. The van der Waals surface area contributed by atoms with Crippen molar-refractivity contribution in [2.75, 3.05) is 19.6 Å². The Labute approximate surface area is 101 Å². The van der Waals surface area contributed by atoms with E-state index in [4.69, 9.17) is 21.6 Å². The van der Waals surface area contributed by atoms with Crippen molar-refractivity contribution in [1.29, 1.82) is 5.26 Å². The summed E-state index contributed by atoms with van der Waals surface area (Å²) < 4.78 is 6.85. The number of aromatic nitrogens is 2. The third kappa shape index (κ3) is 3.84. The molecular weight excluding hydrogens is 226 g/mol. The quantitative estimate of drug-likeness (QED) is 0.542. The van der Waals surface area contributed by atoms with E-state index >= 15 is 0 Å². The minimum atomic E-state index is 0.469. The van der Waals surface area contributed by atoms with Crippen LogP contribution in [0.1, 0.15) is 24.2 Å². The van der Waals surface area contributed by atoms with Gasteiger partial charge in [0.15, 0.2) is 5.69 Å². The number of rotatable bonds is 7. The van der Waals surface area contributed by atoms with Crippen LogP contribution in [0.5, 0.6) is 0 Å². The van der Waals surface area contributed by atoms with Gasteiger partial charge in [0.05, 0.1) is 13.2 Å². The Kier molecular flexibility index (Phi) is 5.91. The number of hydrogen-bond acceptors (Lipinski definition) is 3. The van der Waals surface area contributed by atoms with Crippen LogP contribution in [0.2, 0.25) is 0 Å². The van der Waals surface area contributed by atoms with Crippen molar-refractivity contribution >= 4 is 11.6 Å². The van der Waals surface area contributed by atoms with Gasteiger partial charge in [0, 0.05) is 18.7 Å². The first kappa shape index (κ1) is 13.0. The Balaban J connectivity index is 2.64. The molecule has 16 heavy (non-hydrogen) atoms. The fraction of sp³-hybridized carbons (Fsp3) is 0.636. The molecule has 0 aliphatic heterocycles. The highest BCUT2D eigenvalue weighted by Gasteiger charge is 2.06. The Morgan fingerprint density at radius 3 is 3.00 bits per heavy atom. The second kappa shape index (κ2) is 7.26. The number of aryl methyl sites for hydroxylation is 1. The number of ether oxygens (including phenoxy) is 1. The van der Waals surface area contributed by atoms with Crippen molar-refractivity contribution in [1.82, 2.24) is 9.78 Å². The van der Waals surface area contributed by atoms with Crippen LogP contribution in [0.15, 0.2) is 6.07 Å². The summed E-state index contributed by atoms with van der Waals surface area (Å²) in [6.07, 6.45) is 2.91. The van der Waals surface area contributed by atoms with Gasteiger partial charge in [-0.2, -0.15) is 10.4 Å². The lowest BCUT2D eigenvalue weighted by Crippen LogP contribution is -2.09. The van der Waals surface area contributed by atoms with Gasteiger partial charge in [0.1, 0.15) is 6.07 Å². The van der Waals surface area contributed by atoms with Gasteiger partial charge in [-0.25, -0.2) is 0 Å². The molecule has 5 heteroatoms. The second-order valence-corrected chi connectivity index (χ2v) is 3.87. The molecule has 0 fully saturated rings. The highest BCUT2D eigenvalue weighted by Crippen LogP contribution is 2.08. The summed E-state index contributed by atoms with van der Waals surface area (Å²) >= 11 is 5.63. The Morgan fingerprint density at radius 2 is 2.38 bits per heavy atom. The molecule has 0 saturated carbocycles. The first-order chi connectivity index (χ1) is 7.81. The Bertz CT molecular complexity index is 357. The zero-order chi connectivity index (χ0) is 11.8. The lowest BCUT2D eigenvalue weighted by atomic mass is 10.2. The molecule has 0 aliphatic carbocycles. The highest BCUT2D eigenvalue weighted by molar-refractivity contribution is 6.17. The summed E-state index contributed by atoms with van der Waals surface area (Å²) in [5.41, 5.74) is 1.55. The van der Waals surface area contributed by atoms with Crippen LogP contribution in [0.3, 0.4) is 0 Å². The highest BCUT2D eigenvalue weighted by atomic mass is 35.5. The van der Waals surface area contributed by atoms with Crippen LogP contribution >= 0.6 is 11.6 Å². The summed E-state index contributed by atoms with van der Waals surface area (Å²) in [5, 5.41) is 13.0. The predicted octanol–water partition coefficient (Wildman–Crippen LogP) is 1.96. The molecule has 0 unspecified atom stereocenters. The molecule has 1 heterocycles. The zero-order valence-corrected chi connectivity index (χ0v) is 10.2. The van der Waals surface area contributed by atoms with Gasteiger partial charge < -0.3 is 4.74 Å². The first-order valence-electron chi connectivity index (χ1n) is 5.33. The first-order valence-corrected chi connectivity index (χ1v) is 5.87. The molecule has 0 radical (unpaired) electrons. The molecule has 0 N–H and O–H groups in total. The number of hydrogen-bond donors (Lipinski definition) is 0. The van der Waals surface area contributed by atoms with E-state index in [2.05, 4.69) is 11.2 Å². The molecule has 1 aromatic rings. The number of unbranched alkanes of at least 4 members (excludes halogenated alkanes) is 1. The fourth-order valence-corrected chi connectivity index (χ4v) is 1.67. The molecule has 1 rings (SSSR count). The Morgan fingerprint density at radius 1 is 1.56 bits per heavy atom. The van der Waals surface area contributed by atoms with Crippen LogP contribution < -0.4 is 0 Å². The van der Waals surface area contributed by atoms with E-state index in [1.54, 1.807) is 7.11 Å². The molecule has 0 atom stereocenters. The van der Waals surface area contributed by atoms with E-state index in [0.717, 1.165) is 25.0 Å². The number of methoxy groups -OCH3 is 1. The molecule has 0 aliphatic rings. The van der Waals surface area contributed by atoms with Crippen molar-refractivity contribution < 1.29 is 4.74 Å². The second-order valence-electron chi connectivity index (χ2n) is 3.49. The monoisotopic (exact) mass is 241 g/mol. The summed E-state index contributed by atoms with van der Waals surface area (Å²) in [6, 6.07) is 3.89. The van der Waals surface area contributed by atoms with Gasteiger partial charge in [0.2, 0.25) is 0 Å². The molecule has 4 nitrogen and oxygen atoms in total. The standard InChI is InChI=1S/C11H16ClN3O/c1-16-7-6-15-11(4-2-3-5-12)8-10(9-13)14-15/h8H,2-7H2,1H3. The van der Waals surface area contributed by atoms with Crippen LogP contribution in [0, 0.1) is 11.3 Å². The predicted molar refractivity (Wildman–Crippen MR) is 62.5 cm³/mol. The molecule has 0 bridgehead atoms. The smallest absolute Gasteiger partial charge is 0.162 e. The molecule has 88 valence electrons. The summed E-state index contributed by atoms with van der Waals surface area (Å²) in [4.78, 5) is 0. The van der Waals surface area contributed by atoms with Gasteiger partial charge in [0.25, 0.3) is 0 Å². The van der Waals surface area contributed by atoms with Crippen LogP contribution in [-0.2, 0) is 17.7 Å². The molecule has 0 aromatic carbocycles. The van der Waals surface area contributed by atoms with Crippen molar-refractivity contribution in [3.63, 3.8) is 0 Å². The van der Waals surface area contributed by atoms with Gasteiger partial charge in [-0.05, 0) is 25.3 Å². The van der Waals surface area contributed by atoms with E-state index in [1.807, 2.05) is 10.7 Å². The van der Waals surface area contributed by atoms with E-state index < -0.39 is 0 Å².